The van der Waals surface area contributed by atoms with Crippen molar-refractivity contribution in [3.63, 3.8) is 0 Å². The molecule has 5 nitrogen and oxygen atoms in total. The summed E-state index contributed by atoms with van der Waals surface area (Å²) in [6, 6.07) is 5.96. The highest BCUT2D eigenvalue weighted by atomic mass is 79.9. The number of methoxy groups -OCH3 is 1. The Morgan fingerprint density at radius 1 is 1.43 bits per heavy atom. The second-order valence-corrected chi connectivity index (χ2v) is 7.45. The van der Waals surface area contributed by atoms with Crippen LogP contribution in [0.3, 0.4) is 0 Å². The van der Waals surface area contributed by atoms with Gasteiger partial charge in [-0.15, -0.1) is 0 Å². The predicted molar refractivity (Wildman–Crippen MR) is 91.9 cm³/mol. The number of nitrogens with zero attached hydrogens (tertiary/aromatic N) is 1. The molecule has 1 amide bonds. The summed E-state index contributed by atoms with van der Waals surface area (Å²) < 4.78 is 17.4. The third kappa shape index (κ3) is 5.39. The van der Waals surface area contributed by atoms with Gasteiger partial charge in [0.1, 0.15) is 11.4 Å². The summed E-state index contributed by atoms with van der Waals surface area (Å²) >= 11 is 3.49. The van der Waals surface area contributed by atoms with E-state index in [1.807, 2.05) is 39.0 Å². The number of hydrogen-bond acceptors (Lipinski definition) is 4. The molecule has 1 heterocycles. The first-order valence-corrected chi connectivity index (χ1v) is 8.50. The summed E-state index contributed by atoms with van der Waals surface area (Å²) in [5, 5.41) is 0. The van der Waals surface area contributed by atoms with Gasteiger partial charge in [-0.1, -0.05) is 6.07 Å². The van der Waals surface area contributed by atoms with Crippen LogP contribution in [0.4, 0.5) is 4.79 Å². The first-order valence-electron chi connectivity index (χ1n) is 7.70. The van der Waals surface area contributed by atoms with Crippen LogP contribution in [0.2, 0.25) is 0 Å². The van der Waals surface area contributed by atoms with Crippen LogP contribution in [-0.2, 0) is 15.9 Å². The SMILES string of the molecule is COc1ccc(CC2CN(C(=O)OC(C)(C)C)CCO2)cc1Br. The maximum Gasteiger partial charge on any atom is 0.410 e. The molecule has 1 atom stereocenters. The highest BCUT2D eigenvalue weighted by molar-refractivity contribution is 9.10. The molecule has 0 aromatic heterocycles. The second kappa shape index (κ2) is 7.53. The van der Waals surface area contributed by atoms with Gasteiger partial charge in [-0.05, 0) is 54.4 Å². The molecule has 0 radical (unpaired) electrons. The number of hydrogen-bond donors (Lipinski definition) is 0. The minimum absolute atomic E-state index is 0.0310. The lowest BCUT2D eigenvalue weighted by molar-refractivity contribution is -0.0415. The van der Waals surface area contributed by atoms with E-state index in [1.54, 1.807) is 12.0 Å². The third-order valence-electron chi connectivity index (χ3n) is 3.47. The molecule has 0 aliphatic carbocycles. The quantitative estimate of drug-likeness (QED) is 0.796. The molecule has 1 aliphatic heterocycles. The van der Waals surface area contributed by atoms with Crippen molar-refractivity contribution < 1.29 is 19.0 Å². The number of carbonyl (C=O) groups is 1. The molecule has 1 aromatic rings. The molecule has 1 fully saturated rings. The van der Waals surface area contributed by atoms with E-state index in [0.717, 1.165) is 22.2 Å². The van der Waals surface area contributed by atoms with Crippen molar-refractivity contribution in [3.8, 4) is 5.75 Å². The molecule has 2 rings (SSSR count). The molecule has 0 saturated carbocycles. The zero-order valence-corrected chi connectivity index (χ0v) is 15.7. The van der Waals surface area contributed by atoms with E-state index >= 15 is 0 Å². The van der Waals surface area contributed by atoms with Gasteiger partial charge in [0, 0.05) is 13.0 Å². The minimum Gasteiger partial charge on any atom is -0.496 e. The van der Waals surface area contributed by atoms with Gasteiger partial charge in [-0.25, -0.2) is 4.79 Å². The second-order valence-electron chi connectivity index (χ2n) is 6.59. The van der Waals surface area contributed by atoms with E-state index in [0.29, 0.717) is 19.7 Å². The Morgan fingerprint density at radius 2 is 2.17 bits per heavy atom. The summed E-state index contributed by atoms with van der Waals surface area (Å²) in [6.07, 6.45) is 0.431. The van der Waals surface area contributed by atoms with Crippen LogP contribution in [0.5, 0.6) is 5.75 Å². The number of carbonyl (C=O) groups excluding carboxylic acids is 1. The first-order chi connectivity index (χ1) is 10.8. The summed E-state index contributed by atoms with van der Waals surface area (Å²) in [4.78, 5) is 13.9. The lowest BCUT2D eigenvalue weighted by atomic mass is 10.1. The van der Waals surface area contributed by atoms with Crippen LogP contribution in [0, 0.1) is 0 Å². The molecule has 128 valence electrons. The Labute approximate surface area is 146 Å². The molecule has 1 aromatic carbocycles. The molecule has 0 bridgehead atoms. The highest BCUT2D eigenvalue weighted by Crippen LogP contribution is 2.26. The molecule has 1 saturated heterocycles. The van der Waals surface area contributed by atoms with Crippen LogP contribution in [0.15, 0.2) is 22.7 Å². The van der Waals surface area contributed by atoms with Gasteiger partial charge < -0.3 is 19.1 Å². The largest absolute Gasteiger partial charge is 0.496 e. The van der Waals surface area contributed by atoms with Gasteiger partial charge in [0.2, 0.25) is 0 Å². The fourth-order valence-electron chi connectivity index (χ4n) is 2.43. The van der Waals surface area contributed by atoms with E-state index < -0.39 is 5.60 Å². The molecular weight excluding hydrogens is 362 g/mol. The van der Waals surface area contributed by atoms with Crippen LogP contribution in [-0.4, -0.2) is 49.5 Å². The molecule has 1 aliphatic rings. The van der Waals surface area contributed by atoms with Crippen LogP contribution in [0.1, 0.15) is 26.3 Å². The van der Waals surface area contributed by atoms with Gasteiger partial charge in [-0.3, -0.25) is 0 Å². The third-order valence-corrected chi connectivity index (χ3v) is 4.09. The fraction of sp³-hybridized carbons (Fsp3) is 0.588. The van der Waals surface area contributed by atoms with Gasteiger partial charge in [0.05, 0.1) is 30.8 Å². The van der Waals surface area contributed by atoms with E-state index in [-0.39, 0.29) is 12.2 Å². The monoisotopic (exact) mass is 385 g/mol. The lowest BCUT2D eigenvalue weighted by Gasteiger charge is -2.34. The zero-order valence-electron chi connectivity index (χ0n) is 14.1. The number of halogens is 1. The number of benzene rings is 1. The Bertz CT molecular complexity index is 556. The molecule has 0 spiro atoms. The molecule has 23 heavy (non-hydrogen) atoms. The smallest absolute Gasteiger partial charge is 0.410 e. The number of ether oxygens (including phenoxy) is 3. The summed E-state index contributed by atoms with van der Waals surface area (Å²) in [5.74, 6) is 0.800. The van der Waals surface area contributed by atoms with Gasteiger partial charge in [-0.2, -0.15) is 0 Å². The zero-order chi connectivity index (χ0) is 17.0. The minimum atomic E-state index is -0.480. The lowest BCUT2D eigenvalue weighted by Crippen LogP contribution is -2.48. The molecular formula is C17H24BrNO4. The number of amides is 1. The normalized spacial score (nSPS) is 18.7. The van der Waals surface area contributed by atoms with E-state index in [4.69, 9.17) is 14.2 Å². The Morgan fingerprint density at radius 3 is 2.78 bits per heavy atom. The first kappa shape index (κ1) is 18.1. The van der Waals surface area contributed by atoms with Gasteiger partial charge in [0.15, 0.2) is 0 Å². The maximum absolute atomic E-state index is 12.2. The van der Waals surface area contributed by atoms with E-state index in [9.17, 15) is 4.79 Å². The average Bonchev–Trinajstić information content (AvgIpc) is 2.46. The molecule has 0 N–H and O–H groups in total. The van der Waals surface area contributed by atoms with Crippen molar-refractivity contribution in [2.75, 3.05) is 26.8 Å². The summed E-state index contributed by atoms with van der Waals surface area (Å²) in [5.41, 5.74) is 0.653. The summed E-state index contributed by atoms with van der Waals surface area (Å²) in [7, 11) is 1.64. The van der Waals surface area contributed by atoms with Gasteiger partial charge >= 0.3 is 6.09 Å². The van der Waals surface area contributed by atoms with Crippen molar-refractivity contribution >= 4 is 22.0 Å². The summed E-state index contributed by atoms with van der Waals surface area (Å²) in [6.45, 7) is 7.25. The Balaban J connectivity index is 1.96. The Kier molecular flexibility index (Phi) is 5.92. The molecule has 1 unspecified atom stereocenters. The van der Waals surface area contributed by atoms with Crippen molar-refractivity contribution in [2.24, 2.45) is 0 Å². The van der Waals surface area contributed by atoms with E-state index in [1.165, 1.54) is 0 Å². The van der Waals surface area contributed by atoms with Crippen molar-refractivity contribution in [1.29, 1.82) is 0 Å². The van der Waals surface area contributed by atoms with Crippen molar-refractivity contribution in [3.05, 3.63) is 28.2 Å². The number of morpholine rings is 1. The standard InChI is InChI=1S/C17H24BrNO4/c1-17(2,3)23-16(20)19-7-8-22-13(11-19)9-12-5-6-15(21-4)14(18)10-12/h5-6,10,13H,7-9,11H2,1-4H3. The van der Waals surface area contributed by atoms with E-state index in [2.05, 4.69) is 15.9 Å². The van der Waals surface area contributed by atoms with Crippen LogP contribution in [0.25, 0.3) is 0 Å². The predicted octanol–water partition coefficient (Wildman–Crippen LogP) is 3.64. The van der Waals surface area contributed by atoms with Gasteiger partial charge in [0.25, 0.3) is 0 Å². The topological polar surface area (TPSA) is 48.0 Å². The Hall–Kier alpha value is -1.27. The van der Waals surface area contributed by atoms with Crippen LogP contribution < -0.4 is 4.74 Å². The molecule has 6 heteroatoms. The van der Waals surface area contributed by atoms with Crippen LogP contribution >= 0.6 is 15.9 Å². The van der Waals surface area contributed by atoms with Crippen molar-refractivity contribution in [1.82, 2.24) is 4.90 Å². The highest BCUT2D eigenvalue weighted by Gasteiger charge is 2.28. The van der Waals surface area contributed by atoms with Crippen molar-refractivity contribution in [2.45, 2.75) is 38.9 Å². The maximum atomic E-state index is 12.2. The average molecular weight is 386 g/mol. The number of rotatable bonds is 3. The fourth-order valence-corrected chi connectivity index (χ4v) is 3.02.